The van der Waals surface area contributed by atoms with E-state index in [-0.39, 0.29) is 10.8 Å². The molecule has 1 aliphatic heterocycles. The van der Waals surface area contributed by atoms with Crippen molar-refractivity contribution in [3.05, 3.63) is 58.6 Å². The number of hydrogen-bond acceptors (Lipinski definition) is 4. The summed E-state index contributed by atoms with van der Waals surface area (Å²) in [6, 6.07) is 12.9. The molecule has 0 saturated carbocycles. The van der Waals surface area contributed by atoms with Crippen molar-refractivity contribution in [3.63, 3.8) is 0 Å². The Hall–Kier alpha value is -1.64. The van der Waals surface area contributed by atoms with Gasteiger partial charge in [0.15, 0.2) is 0 Å². The summed E-state index contributed by atoms with van der Waals surface area (Å²) in [7, 11) is -3.60. The lowest BCUT2D eigenvalue weighted by Gasteiger charge is -2.36. The van der Waals surface area contributed by atoms with Crippen LogP contribution in [0.4, 0.5) is 5.69 Å². The summed E-state index contributed by atoms with van der Waals surface area (Å²) >= 11 is 12.0. The average Bonchev–Trinajstić information content (AvgIpc) is 2.69. The monoisotopic (exact) mass is 441 g/mol. The minimum absolute atomic E-state index is 0.179. The molecule has 0 radical (unpaired) electrons. The first kappa shape index (κ1) is 21.1. The van der Waals surface area contributed by atoms with E-state index in [9.17, 15) is 13.2 Å². The average molecular weight is 442 g/mol. The molecule has 3 rings (SSSR count). The molecule has 2 aromatic rings. The number of benzene rings is 2. The van der Waals surface area contributed by atoms with E-state index in [1.165, 1.54) is 16.4 Å². The molecule has 9 heteroatoms. The highest BCUT2D eigenvalue weighted by Crippen LogP contribution is 2.23. The van der Waals surface area contributed by atoms with Gasteiger partial charge in [0.25, 0.3) is 0 Å². The van der Waals surface area contributed by atoms with Gasteiger partial charge in [0.05, 0.1) is 21.6 Å². The summed E-state index contributed by atoms with van der Waals surface area (Å²) in [6.07, 6.45) is 0. The van der Waals surface area contributed by atoms with E-state index in [0.717, 1.165) is 0 Å². The van der Waals surface area contributed by atoms with Crippen LogP contribution >= 0.6 is 23.2 Å². The van der Waals surface area contributed by atoms with Crippen molar-refractivity contribution in [1.29, 1.82) is 0 Å². The van der Waals surface area contributed by atoms with Gasteiger partial charge in [-0.25, -0.2) is 8.42 Å². The van der Waals surface area contributed by atoms with Gasteiger partial charge in [0.2, 0.25) is 15.9 Å². The van der Waals surface area contributed by atoms with Crippen LogP contribution in [0.25, 0.3) is 0 Å². The van der Waals surface area contributed by atoms with Gasteiger partial charge >= 0.3 is 0 Å². The summed E-state index contributed by atoms with van der Waals surface area (Å²) in [5.41, 5.74) is 0.559. The van der Waals surface area contributed by atoms with Crippen molar-refractivity contribution in [3.8, 4) is 0 Å². The normalized spacial score (nSPS) is 17.2. The van der Waals surface area contributed by atoms with Gasteiger partial charge in [-0.3, -0.25) is 9.69 Å². The lowest BCUT2D eigenvalue weighted by atomic mass is 10.2. The van der Waals surface area contributed by atoms with E-state index in [4.69, 9.17) is 23.2 Å². The zero-order valence-electron chi connectivity index (χ0n) is 15.3. The van der Waals surface area contributed by atoms with Gasteiger partial charge in [0.1, 0.15) is 0 Å². The maximum absolute atomic E-state index is 12.8. The zero-order valence-corrected chi connectivity index (χ0v) is 17.6. The fraction of sp³-hybridized carbons (Fsp3) is 0.316. The molecule has 1 unspecified atom stereocenters. The number of halogens is 2. The molecule has 2 aromatic carbocycles. The summed E-state index contributed by atoms with van der Waals surface area (Å²) in [5.74, 6) is -0.181. The Labute approximate surface area is 175 Å². The van der Waals surface area contributed by atoms with Gasteiger partial charge in [0, 0.05) is 31.2 Å². The van der Waals surface area contributed by atoms with E-state index in [0.29, 0.717) is 41.9 Å². The fourth-order valence-corrected chi connectivity index (χ4v) is 4.98. The zero-order chi connectivity index (χ0) is 20.3. The number of anilines is 1. The largest absolute Gasteiger partial charge is 0.323 e. The molecule has 150 valence electrons. The number of piperazine rings is 1. The molecule has 0 aromatic heterocycles. The fourth-order valence-electron chi connectivity index (χ4n) is 3.07. The molecule has 28 heavy (non-hydrogen) atoms. The van der Waals surface area contributed by atoms with E-state index < -0.39 is 16.1 Å². The second kappa shape index (κ2) is 8.80. The molecule has 0 aliphatic carbocycles. The van der Waals surface area contributed by atoms with Crippen LogP contribution < -0.4 is 5.32 Å². The first-order valence-corrected chi connectivity index (χ1v) is 11.0. The number of nitrogens with one attached hydrogen (secondary N) is 1. The number of carbonyl (C=O) groups excluding carboxylic acids is 1. The van der Waals surface area contributed by atoms with Gasteiger partial charge in [-0.1, -0.05) is 41.4 Å². The van der Waals surface area contributed by atoms with Crippen LogP contribution in [-0.2, 0) is 14.8 Å². The predicted molar refractivity (Wildman–Crippen MR) is 111 cm³/mol. The van der Waals surface area contributed by atoms with Gasteiger partial charge in [-0.2, -0.15) is 4.31 Å². The van der Waals surface area contributed by atoms with Crippen molar-refractivity contribution in [2.75, 3.05) is 31.5 Å². The van der Waals surface area contributed by atoms with Crippen LogP contribution in [0.15, 0.2) is 53.4 Å². The molecule has 0 spiro atoms. The maximum Gasteiger partial charge on any atom is 0.243 e. The third kappa shape index (κ3) is 4.67. The highest BCUT2D eigenvalue weighted by Gasteiger charge is 2.32. The lowest BCUT2D eigenvalue weighted by Crippen LogP contribution is -2.53. The molecule has 1 amide bonds. The molecule has 0 bridgehead atoms. The molecule has 1 saturated heterocycles. The van der Waals surface area contributed by atoms with E-state index >= 15 is 0 Å². The van der Waals surface area contributed by atoms with Crippen LogP contribution in [0.1, 0.15) is 6.92 Å². The summed E-state index contributed by atoms with van der Waals surface area (Å²) < 4.78 is 27.0. The smallest absolute Gasteiger partial charge is 0.243 e. The number of sulfonamides is 1. The van der Waals surface area contributed by atoms with Crippen LogP contribution in [0, 0.1) is 0 Å². The van der Waals surface area contributed by atoms with Crippen LogP contribution in [0.5, 0.6) is 0 Å². The van der Waals surface area contributed by atoms with E-state index in [1.54, 1.807) is 43.3 Å². The highest BCUT2D eigenvalue weighted by atomic mass is 35.5. The van der Waals surface area contributed by atoms with E-state index in [2.05, 4.69) is 5.32 Å². The molecule has 1 atom stereocenters. The van der Waals surface area contributed by atoms with Crippen molar-refractivity contribution in [2.45, 2.75) is 17.9 Å². The topological polar surface area (TPSA) is 69.7 Å². The summed E-state index contributed by atoms with van der Waals surface area (Å²) in [5, 5.41) is 3.67. The number of carbonyl (C=O) groups is 1. The molecular formula is C19H21Cl2N3O3S. The quantitative estimate of drug-likeness (QED) is 0.772. The molecule has 6 nitrogen and oxygen atoms in total. The van der Waals surface area contributed by atoms with Crippen molar-refractivity contribution < 1.29 is 13.2 Å². The maximum atomic E-state index is 12.8. The first-order chi connectivity index (χ1) is 13.3. The Kier molecular flexibility index (Phi) is 6.62. The molecule has 1 heterocycles. The standard InChI is InChI=1S/C19H21Cl2N3O3S/c1-14(19(25)22-18-8-3-2-7-17(18)21)23-9-11-24(12-10-23)28(26,27)16-6-4-5-15(20)13-16/h2-8,13-14H,9-12H2,1H3,(H,22,25). The SMILES string of the molecule is CC(C(=O)Nc1ccccc1Cl)N1CCN(S(=O)(=O)c2cccc(Cl)c2)CC1. The Balaban J connectivity index is 1.61. The van der Waals surface area contributed by atoms with Gasteiger partial charge < -0.3 is 5.32 Å². The van der Waals surface area contributed by atoms with Crippen molar-refractivity contribution in [2.24, 2.45) is 0 Å². The number of amides is 1. The Morgan fingerprint density at radius 2 is 1.71 bits per heavy atom. The highest BCUT2D eigenvalue weighted by molar-refractivity contribution is 7.89. The third-order valence-corrected chi connectivity index (χ3v) is 7.23. The lowest BCUT2D eigenvalue weighted by molar-refractivity contribution is -0.121. The van der Waals surface area contributed by atoms with Gasteiger partial charge in [-0.15, -0.1) is 0 Å². The minimum Gasteiger partial charge on any atom is -0.323 e. The Morgan fingerprint density at radius 3 is 2.36 bits per heavy atom. The minimum atomic E-state index is -3.60. The molecule has 1 fully saturated rings. The second-order valence-electron chi connectivity index (χ2n) is 6.54. The van der Waals surface area contributed by atoms with Crippen molar-refractivity contribution in [1.82, 2.24) is 9.21 Å². The van der Waals surface area contributed by atoms with Crippen LogP contribution in [-0.4, -0.2) is 55.8 Å². The Bertz CT molecular complexity index is 960. The summed E-state index contributed by atoms with van der Waals surface area (Å²) in [4.78, 5) is 14.7. The van der Waals surface area contributed by atoms with Crippen LogP contribution in [0.2, 0.25) is 10.0 Å². The molecule has 1 N–H and O–H groups in total. The van der Waals surface area contributed by atoms with E-state index in [1.807, 2.05) is 4.90 Å². The third-order valence-electron chi connectivity index (χ3n) is 4.77. The van der Waals surface area contributed by atoms with Crippen LogP contribution in [0.3, 0.4) is 0 Å². The number of para-hydroxylation sites is 1. The summed E-state index contributed by atoms with van der Waals surface area (Å²) in [6.45, 7) is 3.32. The second-order valence-corrected chi connectivity index (χ2v) is 9.32. The number of hydrogen-bond donors (Lipinski definition) is 1. The van der Waals surface area contributed by atoms with Gasteiger partial charge in [-0.05, 0) is 37.3 Å². The number of rotatable bonds is 5. The predicted octanol–water partition coefficient (Wildman–Crippen LogP) is 3.33. The molecular weight excluding hydrogens is 421 g/mol. The number of nitrogens with zero attached hydrogens (tertiary/aromatic N) is 2. The van der Waals surface area contributed by atoms with Crippen molar-refractivity contribution >= 4 is 44.8 Å². The molecule has 1 aliphatic rings. The first-order valence-electron chi connectivity index (χ1n) is 8.84. The Morgan fingerprint density at radius 1 is 1.04 bits per heavy atom.